The molecule has 0 fully saturated rings. The molecule has 0 spiro atoms. The minimum atomic E-state index is -0.815. The fourth-order valence-corrected chi connectivity index (χ4v) is 5.02. The van der Waals surface area contributed by atoms with Gasteiger partial charge in [0.25, 0.3) is 0 Å². The molecule has 0 bridgehead atoms. The number of aliphatic hydroxyl groups is 1. The fourth-order valence-electron chi connectivity index (χ4n) is 3.97. The first-order chi connectivity index (χ1) is 16.1. The fraction of sp³-hybridized carbons (Fsp3) is 0.192. The van der Waals surface area contributed by atoms with Crippen LogP contribution in [0, 0.1) is 6.92 Å². The van der Waals surface area contributed by atoms with Crippen LogP contribution in [0.1, 0.15) is 28.5 Å². The van der Waals surface area contributed by atoms with Crippen LogP contribution in [0.25, 0.3) is 31.8 Å². The van der Waals surface area contributed by atoms with Crippen molar-refractivity contribution in [1.29, 1.82) is 0 Å². The number of benzene rings is 3. The summed E-state index contributed by atoms with van der Waals surface area (Å²) in [7, 11) is 3.27. The van der Waals surface area contributed by atoms with Crippen molar-refractivity contribution >= 4 is 32.6 Å². The second-order valence-electron chi connectivity index (χ2n) is 7.87. The third-order valence-corrected chi connectivity index (χ3v) is 6.54. The van der Waals surface area contributed by atoms with Crippen molar-refractivity contribution in [2.75, 3.05) is 14.2 Å². The molecule has 0 aliphatic heterocycles. The number of hydrogen-bond acceptors (Lipinski definition) is 7. The van der Waals surface area contributed by atoms with Crippen LogP contribution >= 0.6 is 11.3 Å². The number of rotatable bonds is 6. The van der Waals surface area contributed by atoms with Gasteiger partial charge in [-0.25, -0.2) is 9.97 Å². The number of nitrogens with zero attached hydrogens (tertiary/aromatic N) is 3. The minimum absolute atomic E-state index is 0.411. The number of aromatic nitrogens is 3. The number of aliphatic hydroxyl groups excluding tert-OH is 1. The summed E-state index contributed by atoms with van der Waals surface area (Å²) in [5.74, 6) is 0.681. The van der Waals surface area contributed by atoms with Gasteiger partial charge in [0, 0.05) is 18.2 Å². The molecular weight excluding hydrogens is 434 g/mol. The maximum absolute atomic E-state index is 11.2. The van der Waals surface area contributed by atoms with E-state index in [0.29, 0.717) is 17.9 Å². The molecule has 5 aromatic rings. The Morgan fingerprint density at radius 2 is 1.82 bits per heavy atom. The summed E-state index contributed by atoms with van der Waals surface area (Å²) in [5.41, 5.74) is 6.64. The summed E-state index contributed by atoms with van der Waals surface area (Å²) in [6.45, 7) is 2.45. The molecule has 0 saturated carbocycles. The first-order valence-electron chi connectivity index (χ1n) is 10.5. The van der Waals surface area contributed by atoms with Crippen LogP contribution in [0.4, 0.5) is 0 Å². The van der Waals surface area contributed by atoms with Crippen molar-refractivity contribution in [1.82, 2.24) is 15.0 Å². The second-order valence-corrected chi connectivity index (χ2v) is 8.90. The average molecular weight is 458 g/mol. The molecule has 2 aromatic heterocycles. The van der Waals surface area contributed by atoms with E-state index in [2.05, 4.69) is 11.1 Å². The summed E-state index contributed by atoms with van der Waals surface area (Å²) in [5, 5.41) is 12.0. The van der Waals surface area contributed by atoms with Gasteiger partial charge in [0.2, 0.25) is 0 Å². The summed E-state index contributed by atoms with van der Waals surface area (Å²) in [6.07, 6.45) is 0.926. The number of hydrogen-bond donors (Lipinski definition) is 1. The minimum Gasteiger partial charge on any atom is -0.497 e. The lowest BCUT2D eigenvalue weighted by molar-refractivity contribution is 0.181. The lowest BCUT2D eigenvalue weighted by Crippen LogP contribution is -2.01. The van der Waals surface area contributed by atoms with Gasteiger partial charge in [0.1, 0.15) is 16.9 Å². The Kier molecular flexibility index (Phi) is 5.76. The normalized spacial score (nSPS) is 12.4. The Balaban J connectivity index is 1.70. The van der Waals surface area contributed by atoms with E-state index in [0.717, 1.165) is 48.6 Å². The molecule has 0 radical (unpaired) electrons. The quantitative estimate of drug-likeness (QED) is 0.365. The van der Waals surface area contributed by atoms with E-state index in [1.165, 1.54) is 0 Å². The van der Waals surface area contributed by atoms with Gasteiger partial charge in [0.05, 0.1) is 46.9 Å². The molecule has 0 aliphatic rings. The highest BCUT2D eigenvalue weighted by Crippen LogP contribution is 2.40. The van der Waals surface area contributed by atoms with Crippen molar-refractivity contribution in [2.24, 2.45) is 0 Å². The summed E-state index contributed by atoms with van der Waals surface area (Å²) < 4.78 is 11.7. The van der Waals surface area contributed by atoms with Crippen LogP contribution < -0.4 is 4.74 Å². The van der Waals surface area contributed by atoms with Crippen LogP contribution in [0.3, 0.4) is 0 Å². The Labute approximate surface area is 195 Å². The number of ether oxygens (including phenoxy) is 2. The summed E-state index contributed by atoms with van der Waals surface area (Å²) in [4.78, 5) is 14.3. The highest BCUT2D eigenvalue weighted by molar-refractivity contribution is 7.21. The highest BCUT2D eigenvalue weighted by atomic mass is 32.1. The topological polar surface area (TPSA) is 77.4 Å². The van der Waals surface area contributed by atoms with Crippen molar-refractivity contribution in [3.05, 3.63) is 83.2 Å². The molecular formula is C26H23N3O3S. The lowest BCUT2D eigenvalue weighted by Gasteiger charge is -2.13. The Morgan fingerprint density at radius 1 is 1.00 bits per heavy atom. The van der Waals surface area contributed by atoms with Gasteiger partial charge in [0.15, 0.2) is 0 Å². The molecule has 1 atom stereocenters. The first-order valence-corrected chi connectivity index (χ1v) is 11.4. The van der Waals surface area contributed by atoms with Crippen molar-refractivity contribution in [3.63, 3.8) is 0 Å². The molecule has 1 unspecified atom stereocenters. The number of fused-ring (bicyclic) bond motifs is 2. The SMILES string of the molecule is COCc1cnc2c(-c3nc4c(C(O)c5ccccc5)cc(OC)cc4s3)cc(C)cc2n1. The van der Waals surface area contributed by atoms with Crippen LogP contribution in [0.5, 0.6) is 5.75 Å². The molecule has 5 rings (SSSR count). The maximum Gasteiger partial charge on any atom is 0.126 e. The third kappa shape index (κ3) is 4.06. The van der Waals surface area contributed by atoms with Gasteiger partial charge in [-0.15, -0.1) is 11.3 Å². The van der Waals surface area contributed by atoms with E-state index < -0.39 is 6.10 Å². The molecule has 0 aliphatic carbocycles. The molecule has 33 heavy (non-hydrogen) atoms. The number of aryl methyl sites for hydroxylation is 1. The zero-order valence-corrected chi connectivity index (χ0v) is 19.4. The first kappa shape index (κ1) is 21.5. The van der Waals surface area contributed by atoms with E-state index in [-0.39, 0.29) is 0 Å². The zero-order valence-electron chi connectivity index (χ0n) is 18.6. The van der Waals surface area contributed by atoms with Gasteiger partial charge >= 0.3 is 0 Å². The Morgan fingerprint density at radius 3 is 2.58 bits per heavy atom. The molecule has 7 heteroatoms. The van der Waals surface area contributed by atoms with Crippen LogP contribution in [-0.4, -0.2) is 34.3 Å². The predicted molar refractivity (Wildman–Crippen MR) is 131 cm³/mol. The van der Waals surface area contributed by atoms with E-state index in [1.807, 2.05) is 55.5 Å². The Bertz CT molecular complexity index is 1450. The molecule has 2 heterocycles. The summed E-state index contributed by atoms with van der Waals surface area (Å²) >= 11 is 1.55. The van der Waals surface area contributed by atoms with Gasteiger partial charge < -0.3 is 14.6 Å². The van der Waals surface area contributed by atoms with E-state index in [1.54, 1.807) is 31.8 Å². The van der Waals surface area contributed by atoms with Gasteiger partial charge in [-0.05, 0) is 42.3 Å². The molecule has 3 aromatic carbocycles. The van der Waals surface area contributed by atoms with Crippen molar-refractivity contribution in [3.8, 4) is 16.3 Å². The van der Waals surface area contributed by atoms with Crippen molar-refractivity contribution in [2.45, 2.75) is 19.6 Å². The Hall–Kier alpha value is -3.39. The molecule has 6 nitrogen and oxygen atoms in total. The summed E-state index contributed by atoms with van der Waals surface area (Å²) in [6, 6.07) is 17.5. The largest absolute Gasteiger partial charge is 0.497 e. The van der Waals surface area contributed by atoms with Crippen molar-refractivity contribution < 1.29 is 14.6 Å². The standard InChI is InChI=1S/C26H23N3O3S/c1-15-9-20(23-21(10-15)28-17(13-27-23)14-31-2)26-29-24-19(11-18(32-3)12-22(24)33-26)25(30)16-7-5-4-6-8-16/h4-13,25,30H,14H2,1-3H3. The smallest absolute Gasteiger partial charge is 0.126 e. The van der Waals surface area contributed by atoms with Crippen LogP contribution in [0.15, 0.2) is 60.8 Å². The molecule has 1 N–H and O–H groups in total. The van der Waals surface area contributed by atoms with Gasteiger partial charge in [-0.2, -0.15) is 0 Å². The van der Waals surface area contributed by atoms with Crippen LogP contribution in [-0.2, 0) is 11.3 Å². The molecule has 0 saturated heterocycles. The lowest BCUT2D eigenvalue weighted by atomic mass is 10.0. The molecule has 0 amide bonds. The second kappa shape index (κ2) is 8.86. The average Bonchev–Trinajstić information content (AvgIpc) is 3.27. The van der Waals surface area contributed by atoms with E-state index in [4.69, 9.17) is 19.4 Å². The third-order valence-electron chi connectivity index (χ3n) is 5.51. The number of methoxy groups -OCH3 is 2. The van der Waals surface area contributed by atoms with Gasteiger partial charge in [-0.1, -0.05) is 30.3 Å². The monoisotopic (exact) mass is 457 g/mol. The highest BCUT2D eigenvalue weighted by Gasteiger charge is 2.20. The van der Waals surface area contributed by atoms with Crippen LogP contribution in [0.2, 0.25) is 0 Å². The zero-order chi connectivity index (χ0) is 22.9. The van der Waals surface area contributed by atoms with Gasteiger partial charge in [-0.3, -0.25) is 4.98 Å². The van der Waals surface area contributed by atoms with E-state index >= 15 is 0 Å². The number of thiazole rings is 1. The predicted octanol–water partition coefficient (Wildman–Crippen LogP) is 5.45. The molecule has 166 valence electrons. The maximum atomic E-state index is 11.2. The van der Waals surface area contributed by atoms with E-state index in [9.17, 15) is 5.11 Å².